The molecule has 0 aromatic heterocycles. The molecular formula is C16H22N2O. The number of amides is 1. The molecule has 3 rings (SSSR count). The molecule has 1 heterocycles. The van der Waals surface area contributed by atoms with Crippen LogP contribution in [0.15, 0.2) is 18.2 Å². The third-order valence-corrected chi connectivity index (χ3v) is 4.09. The number of aryl methyl sites for hydroxylation is 1. The first-order valence-corrected chi connectivity index (χ1v) is 7.44. The maximum atomic E-state index is 11.4. The van der Waals surface area contributed by atoms with Crippen molar-refractivity contribution in [1.29, 1.82) is 0 Å². The molecule has 0 spiro atoms. The summed E-state index contributed by atoms with van der Waals surface area (Å²) in [4.78, 5) is 11.4. The highest BCUT2D eigenvalue weighted by atomic mass is 16.1. The quantitative estimate of drug-likeness (QED) is 0.852. The zero-order valence-corrected chi connectivity index (χ0v) is 11.5. The van der Waals surface area contributed by atoms with Crippen LogP contribution in [0.25, 0.3) is 0 Å². The number of carbonyl (C=O) groups is 1. The Morgan fingerprint density at radius 1 is 1.37 bits per heavy atom. The highest BCUT2D eigenvalue weighted by Gasteiger charge is 2.32. The van der Waals surface area contributed by atoms with Gasteiger partial charge in [0.1, 0.15) is 0 Å². The molecule has 1 aliphatic heterocycles. The van der Waals surface area contributed by atoms with Crippen LogP contribution in [0.4, 0.5) is 5.69 Å². The van der Waals surface area contributed by atoms with E-state index in [1.807, 2.05) is 0 Å². The minimum atomic E-state index is 0.142. The summed E-state index contributed by atoms with van der Waals surface area (Å²) in [6, 6.07) is 7.05. The van der Waals surface area contributed by atoms with Crippen molar-refractivity contribution in [3.8, 4) is 0 Å². The average Bonchev–Trinajstić information content (AvgIpc) is 3.24. The van der Waals surface area contributed by atoms with Crippen LogP contribution in [0, 0.1) is 5.92 Å². The number of fused-ring (bicyclic) bond motifs is 1. The van der Waals surface area contributed by atoms with Gasteiger partial charge in [0.05, 0.1) is 0 Å². The zero-order valence-electron chi connectivity index (χ0n) is 11.5. The van der Waals surface area contributed by atoms with Crippen LogP contribution in [-0.2, 0) is 11.2 Å². The Hall–Kier alpha value is -1.35. The summed E-state index contributed by atoms with van der Waals surface area (Å²) in [6.07, 6.45) is 5.35. The van der Waals surface area contributed by atoms with E-state index in [2.05, 4.69) is 35.8 Å². The monoisotopic (exact) mass is 258 g/mol. The van der Waals surface area contributed by atoms with Crippen LogP contribution >= 0.6 is 0 Å². The molecule has 0 saturated heterocycles. The molecule has 1 atom stereocenters. The van der Waals surface area contributed by atoms with Crippen molar-refractivity contribution in [1.82, 2.24) is 5.32 Å². The van der Waals surface area contributed by atoms with Crippen LogP contribution in [0.3, 0.4) is 0 Å². The summed E-state index contributed by atoms with van der Waals surface area (Å²) in [6.45, 7) is 3.29. The van der Waals surface area contributed by atoms with Crippen molar-refractivity contribution in [3.05, 3.63) is 29.3 Å². The van der Waals surface area contributed by atoms with Crippen LogP contribution in [0.5, 0.6) is 0 Å². The second-order valence-corrected chi connectivity index (χ2v) is 5.73. The number of hydrogen-bond acceptors (Lipinski definition) is 2. The maximum absolute atomic E-state index is 11.4. The predicted molar refractivity (Wildman–Crippen MR) is 77.2 cm³/mol. The molecule has 1 unspecified atom stereocenters. The van der Waals surface area contributed by atoms with Gasteiger partial charge >= 0.3 is 0 Å². The standard InChI is InChI=1S/C16H22N2O/c1-2-9-17-16(11-3-4-11)13-5-7-14-12(10-13)6-8-15(19)18-14/h5,7,10-11,16-17H,2-4,6,8-9H2,1H3,(H,18,19). The van der Waals surface area contributed by atoms with Gasteiger partial charge in [-0.1, -0.05) is 19.1 Å². The van der Waals surface area contributed by atoms with E-state index in [0.717, 1.165) is 24.6 Å². The fourth-order valence-corrected chi connectivity index (χ4v) is 2.88. The second-order valence-electron chi connectivity index (χ2n) is 5.73. The van der Waals surface area contributed by atoms with Crippen LogP contribution in [0.2, 0.25) is 0 Å². The van der Waals surface area contributed by atoms with Gasteiger partial charge < -0.3 is 10.6 Å². The second kappa shape index (κ2) is 5.33. The molecule has 1 fully saturated rings. The minimum Gasteiger partial charge on any atom is -0.326 e. The summed E-state index contributed by atoms with van der Waals surface area (Å²) in [5.74, 6) is 0.950. The molecule has 102 valence electrons. The number of carbonyl (C=O) groups excluding carboxylic acids is 1. The first-order chi connectivity index (χ1) is 9.28. The molecule has 3 heteroatoms. The predicted octanol–water partition coefficient (Wildman–Crippen LogP) is 3.02. The average molecular weight is 258 g/mol. The van der Waals surface area contributed by atoms with E-state index < -0.39 is 0 Å². The summed E-state index contributed by atoms with van der Waals surface area (Å²) >= 11 is 0. The highest BCUT2D eigenvalue weighted by Crippen LogP contribution is 2.41. The Labute approximate surface area is 114 Å². The van der Waals surface area contributed by atoms with Crippen LogP contribution in [-0.4, -0.2) is 12.5 Å². The Kier molecular flexibility index (Phi) is 3.56. The number of anilines is 1. The minimum absolute atomic E-state index is 0.142. The highest BCUT2D eigenvalue weighted by molar-refractivity contribution is 5.93. The Balaban J connectivity index is 1.81. The molecule has 1 aromatic carbocycles. The van der Waals surface area contributed by atoms with Gasteiger partial charge in [-0.2, -0.15) is 0 Å². The SMILES string of the molecule is CCCNC(c1ccc2c(c1)CCC(=O)N2)C1CC1. The molecule has 1 saturated carbocycles. The van der Waals surface area contributed by atoms with Gasteiger partial charge in [-0.25, -0.2) is 0 Å². The van der Waals surface area contributed by atoms with Gasteiger partial charge in [0.25, 0.3) is 0 Å². The van der Waals surface area contributed by atoms with Crippen LogP contribution < -0.4 is 10.6 Å². The van der Waals surface area contributed by atoms with Gasteiger partial charge in [0.15, 0.2) is 0 Å². The first-order valence-electron chi connectivity index (χ1n) is 7.44. The lowest BCUT2D eigenvalue weighted by molar-refractivity contribution is -0.116. The molecular weight excluding hydrogens is 236 g/mol. The smallest absolute Gasteiger partial charge is 0.224 e. The van der Waals surface area contributed by atoms with E-state index in [4.69, 9.17) is 0 Å². The van der Waals surface area contributed by atoms with Crippen molar-refractivity contribution < 1.29 is 4.79 Å². The largest absolute Gasteiger partial charge is 0.326 e. The molecule has 0 radical (unpaired) electrons. The van der Waals surface area contributed by atoms with Gasteiger partial charge in [-0.15, -0.1) is 0 Å². The summed E-state index contributed by atoms with van der Waals surface area (Å²) < 4.78 is 0. The lowest BCUT2D eigenvalue weighted by Gasteiger charge is -2.22. The van der Waals surface area contributed by atoms with E-state index in [1.165, 1.54) is 30.4 Å². The lowest BCUT2D eigenvalue weighted by atomic mass is 9.95. The Morgan fingerprint density at radius 3 is 2.95 bits per heavy atom. The van der Waals surface area contributed by atoms with Gasteiger partial charge in [-0.05, 0) is 55.3 Å². The van der Waals surface area contributed by atoms with Crippen molar-refractivity contribution in [2.75, 3.05) is 11.9 Å². The van der Waals surface area contributed by atoms with E-state index in [1.54, 1.807) is 0 Å². The van der Waals surface area contributed by atoms with Crippen molar-refractivity contribution in [2.24, 2.45) is 5.92 Å². The number of nitrogens with one attached hydrogen (secondary N) is 2. The molecule has 2 aliphatic rings. The van der Waals surface area contributed by atoms with E-state index in [0.29, 0.717) is 12.5 Å². The van der Waals surface area contributed by atoms with E-state index in [-0.39, 0.29) is 5.91 Å². The third-order valence-electron chi connectivity index (χ3n) is 4.09. The Bertz CT molecular complexity index is 480. The van der Waals surface area contributed by atoms with Gasteiger partial charge in [0, 0.05) is 18.2 Å². The molecule has 0 bridgehead atoms. The number of rotatable bonds is 5. The zero-order chi connectivity index (χ0) is 13.2. The summed E-state index contributed by atoms with van der Waals surface area (Å²) in [5, 5.41) is 6.63. The third kappa shape index (κ3) is 2.81. The molecule has 19 heavy (non-hydrogen) atoms. The topological polar surface area (TPSA) is 41.1 Å². The summed E-state index contributed by atoms with van der Waals surface area (Å²) in [7, 11) is 0. The normalized spacial score (nSPS) is 19.7. The molecule has 3 nitrogen and oxygen atoms in total. The van der Waals surface area contributed by atoms with E-state index >= 15 is 0 Å². The van der Waals surface area contributed by atoms with Gasteiger partial charge in [0.2, 0.25) is 5.91 Å². The Morgan fingerprint density at radius 2 is 2.21 bits per heavy atom. The lowest BCUT2D eigenvalue weighted by Crippen LogP contribution is -2.25. The van der Waals surface area contributed by atoms with Gasteiger partial charge in [-0.3, -0.25) is 4.79 Å². The van der Waals surface area contributed by atoms with Crippen molar-refractivity contribution in [3.63, 3.8) is 0 Å². The molecule has 1 aliphatic carbocycles. The fraction of sp³-hybridized carbons (Fsp3) is 0.562. The summed E-state index contributed by atoms with van der Waals surface area (Å²) in [5.41, 5.74) is 3.69. The van der Waals surface area contributed by atoms with Crippen molar-refractivity contribution >= 4 is 11.6 Å². The molecule has 1 aromatic rings. The fourth-order valence-electron chi connectivity index (χ4n) is 2.88. The first kappa shape index (κ1) is 12.7. The maximum Gasteiger partial charge on any atom is 0.224 e. The molecule has 1 amide bonds. The van der Waals surface area contributed by atoms with Crippen molar-refractivity contribution in [2.45, 2.75) is 45.1 Å². The van der Waals surface area contributed by atoms with E-state index in [9.17, 15) is 4.79 Å². The van der Waals surface area contributed by atoms with Crippen LogP contribution in [0.1, 0.15) is 49.8 Å². The number of benzene rings is 1. The molecule has 2 N–H and O–H groups in total. The number of hydrogen-bond donors (Lipinski definition) is 2.